The lowest BCUT2D eigenvalue weighted by Gasteiger charge is -2.11. The zero-order chi connectivity index (χ0) is 12.4. The molecule has 0 saturated carbocycles. The highest BCUT2D eigenvalue weighted by Crippen LogP contribution is 2.27. The maximum Gasteiger partial charge on any atom is 0.118 e. The molecule has 1 atom stereocenters. The molecule has 1 aliphatic carbocycles. The summed E-state index contributed by atoms with van der Waals surface area (Å²) in [5.41, 5.74) is 5.68. The van der Waals surface area contributed by atoms with Crippen LogP contribution in [0.25, 0.3) is 0 Å². The monoisotopic (exact) mass is 240 g/mol. The highest BCUT2D eigenvalue weighted by Gasteiger charge is 2.24. The quantitative estimate of drug-likeness (QED) is 0.881. The molecule has 1 heterocycles. The van der Waals surface area contributed by atoms with Gasteiger partial charge in [0.15, 0.2) is 0 Å². The van der Waals surface area contributed by atoms with Crippen molar-refractivity contribution in [2.24, 2.45) is 11.0 Å². The van der Waals surface area contributed by atoms with E-state index >= 15 is 0 Å². The van der Waals surface area contributed by atoms with Crippen molar-refractivity contribution in [2.75, 3.05) is 7.11 Å². The molecule has 1 aromatic carbocycles. The van der Waals surface area contributed by atoms with Crippen LogP contribution >= 0.6 is 0 Å². The minimum atomic E-state index is 0.285. The van der Waals surface area contributed by atoms with Crippen molar-refractivity contribution in [3.63, 3.8) is 0 Å². The van der Waals surface area contributed by atoms with Crippen LogP contribution in [0.1, 0.15) is 18.0 Å². The Morgan fingerprint density at radius 3 is 2.56 bits per heavy atom. The van der Waals surface area contributed by atoms with Crippen molar-refractivity contribution in [3.8, 4) is 5.75 Å². The van der Waals surface area contributed by atoms with E-state index in [4.69, 9.17) is 4.74 Å². The van der Waals surface area contributed by atoms with E-state index in [1.54, 1.807) is 7.11 Å². The lowest BCUT2D eigenvalue weighted by Crippen LogP contribution is -2.10. The predicted octanol–water partition coefficient (Wildman–Crippen LogP) is 2.83. The van der Waals surface area contributed by atoms with Gasteiger partial charge in [-0.1, -0.05) is 36.4 Å². The van der Waals surface area contributed by atoms with Gasteiger partial charge in [0.05, 0.1) is 18.9 Å². The van der Waals surface area contributed by atoms with Gasteiger partial charge in [-0.2, -0.15) is 5.10 Å². The molecule has 1 aliphatic heterocycles. The number of rotatable bonds is 3. The average molecular weight is 240 g/mol. The number of nitrogens with zero attached hydrogens (tertiary/aromatic N) is 1. The summed E-state index contributed by atoms with van der Waals surface area (Å²) in [6.45, 7) is 0. The number of methoxy groups -OCH3 is 1. The third kappa shape index (κ3) is 2.04. The lowest BCUT2D eigenvalue weighted by atomic mass is 9.96. The normalized spacial score (nSPS) is 22.1. The standard InChI is InChI=1S/C15H16N2O/c1-18-13-8-6-12(7-9-13)15-10-14(16-17-15)11-4-2-3-5-11/h2-9,11,15,17H,10H2,1H3. The molecule has 1 unspecified atom stereocenters. The van der Waals surface area contributed by atoms with Crippen molar-refractivity contribution in [3.05, 3.63) is 54.1 Å². The molecule has 2 aliphatic rings. The maximum atomic E-state index is 5.17. The van der Waals surface area contributed by atoms with Crippen LogP contribution in [0.3, 0.4) is 0 Å². The van der Waals surface area contributed by atoms with E-state index in [-0.39, 0.29) is 6.04 Å². The Labute approximate surface area is 107 Å². The molecule has 0 saturated heterocycles. The summed E-state index contributed by atoms with van der Waals surface area (Å²) in [5, 5.41) is 4.45. The second-order valence-corrected chi connectivity index (χ2v) is 4.56. The van der Waals surface area contributed by atoms with Gasteiger partial charge in [-0.15, -0.1) is 0 Å². The summed E-state index contributed by atoms with van der Waals surface area (Å²) in [5.74, 6) is 1.26. The molecular formula is C15H16N2O. The summed E-state index contributed by atoms with van der Waals surface area (Å²) in [4.78, 5) is 0. The highest BCUT2D eigenvalue weighted by atomic mass is 16.5. The molecular weight excluding hydrogens is 224 g/mol. The second-order valence-electron chi connectivity index (χ2n) is 4.56. The third-order valence-corrected chi connectivity index (χ3v) is 3.43. The van der Waals surface area contributed by atoms with Crippen LogP contribution < -0.4 is 10.2 Å². The zero-order valence-corrected chi connectivity index (χ0v) is 10.3. The van der Waals surface area contributed by atoms with E-state index in [9.17, 15) is 0 Å². The number of hydrogen-bond acceptors (Lipinski definition) is 3. The van der Waals surface area contributed by atoms with E-state index in [1.165, 1.54) is 11.3 Å². The smallest absolute Gasteiger partial charge is 0.118 e. The van der Waals surface area contributed by atoms with Gasteiger partial charge in [-0.3, -0.25) is 0 Å². The van der Waals surface area contributed by atoms with E-state index in [0.717, 1.165) is 12.2 Å². The average Bonchev–Trinajstić information content (AvgIpc) is 3.09. The van der Waals surface area contributed by atoms with Crippen molar-refractivity contribution < 1.29 is 4.74 Å². The molecule has 1 aromatic rings. The van der Waals surface area contributed by atoms with Crippen LogP contribution in [0.4, 0.5) is 0 Å². The fourth-order valence-corrected chi connectivity index (χ4v) is 2.35. The second kappa shape index (κ2) is 4.69. The zero-order valence-electron chi connectivity index (χ0n) is 10.3. The molecule has 0 amide bonds. The molecule has 3 heteroatoms. The Kier molecular flexibility index (Phi) is 2.89. The first kappa shape index (κ1) is 11.1. The molecule has 1 N–H and O–H groups in total. The Balaban J connectivity index is 1.69. The van der Waals surface area contributed by atoms with E-state index in [2.05, 4.69) is 47.0 Å². The Morgan fingerprint density at radius 1 is 1.17 bits per heavy atom. The van der Waals surface area contributed by atoms with Crippen molar-refractivity contribution in [1.29, 1.82) is 0 Å². The lowest BCUT2D eigenvalue weighted by molar-refractivity contribution is 0.414. The maximum absolute atomic E-state index is 5.17. The van der Waals surface area contributed by atoms with E-state index in [1.807, 2.05) is 12.1 Å². The summed E-state index contributed by atoms with van der Waals surface area (Å²) in [6, 6.07) is 8.45. The number of nitrogens with one attached hydrogen (secondary N) is 1. The summed E-state index contributed by atoms with van der Waals surface area (Å²) in [6.07, 6.45) is 9.47. The predicted molar refractivity (Wildman–Crippen MR) is 72.7 cm³/mol. The van der Waals surface area contributed by atoms with Gasteiger partial charge in [0.2, 0.25) is 0 Å². The highest BCUT2D eigenvalue weighted by molar-refractivity contribution is 5.92. The van der Waals surface area contributed by atoms with E-state index < -0.39 is 0 Å². The van der Waals surface area contributed by atoms with Gasteiger partial charge < -0.3 is 10.2 Å². The summed E-state index contributed by atoms with van der Waals surface area (Å²) < 4.78 is 5.17. The molecule has 0 aromatic heterocycles. The van der Waals surface area contributed by atoms with Crippen LogP contribution in [-0.4, -0.2) is 12.8 Å². The van der Waals surface area contributed by atoms with Gasteiger partial charge >= 0.3 is 0 Å². The van der Waals surface area contributed by atoms with Gasteiger partial charge in [-0.05, 0) is 17.7 Å². The number of hydrogen-bond donors (Lipinski definition) is 1. The minimum absolute atomic E-state index is 0.285. The van der Waals surface area contributed by atoms with Gasteiger partial charge in [0.25, 0.3) is 0 Å². The first-order valence-corrected chi connectivity index (χ1v) is 6.18. The van der Waals surface area contributed by atoms with E-state index in [0.29, 0.717) is 5.92 Å². The largest absolute Gasteiger partial charge is 0.497 e. The first-order chi connectivity index (χ1) is 8.86. The molecule has 0 radical (unpaired) electrons. The van der Waals surface area contributed by atoms with Crippen LogP contribution in [0, 0.1) is 5.92 Å². The molecule has 3 nitrogen and oxygen atoms in total. The number of allylic oxidation sites excluding steroid dienone is 4. The van der Waals surface area contributed by atoms with Gasteiger partial charge in [0, 0.05) is 12.3 Å². The number of hydrazone groups is 1. The fraction of sp³-hybridized carbons (Fsp3) is 0.267. The molecule has 92 valence electrons. The van der Waals surface area contributed by atoms with Crippen molar-refractivity contribution in [1.82, 2.24) is 5.43 Å². The molecule has 0 spiro atoms. The Hall–Kier alpha value is -2.03. The Bertz CT molecular complexity index is 502. The fourth-order valence-electron chi connectivity index (χ4n) is 2.35. The summed E-state index contributed by atoms with van der Waals surface area (Å²) in [7, 11) is 1.68. The molecule has 18 heavy (non-hydrogen) atoms. The minimum Gasteiger partial charge on any atom is -0.497 e. The van der Waals surface area contributed by atoms with Gasteiger partial charge in [-0.25, -0.2) is 0 Å². The topological polar surface area (TPSA) is 33.6 Å². The van der Waals surface area contributed by atoms with Crippen LogP contribution in [0.5, 0.6) is 5.75 Å². The number of benzene rings is 1. The molecule has 3 rings (SSSR count). The van der Waals surface area contributed by atoms with Crippen LogP contribution in [-0.2, 0) is 0 Å². The van der Waals surface area contributed by atoms with Crippen molar-refractivity contribution in [2.45, 2.75) is 12.5 Å². The third-order valence-electron chi connectivity index (χ3n) is 3.43. The first-order valence-electron chi connectivity index (χ1n) is 6.18. The van der Waals surface area contributed by atoms with Crippen LogP contribution in [0.15, 0.2) is 53.7 Å². The SMILES string of the molecule is COc1ccc(C2CC(C3C=CC=C3)=NN2)cc1. The van der Waals surface area contributed by atoms with Gasteiger partial charge in [0.1, 0.15) is 5.75 Å². The molecule has 0 fully saturated rings. The Morgan fingerprint density at radius 2 is 1.89 bits per heavy atom. The molecule has 0 bridgehead atoms. The number of ether oxygens (including phenoxy) is 1. The van der Waals surface area contributed by atoms with Crippen molar-refractivity contribution >= 4 is 5.71 Å². The summed E-state index contributed by atoms with van der Waals surface area (Å²) >= 11 is 0. The van der Waals surface area contributed by atoms with Crippen LogP contribution in [0.2, 0.25) is 0 Å².